The summed E-state index contributed by atoms with van der Waals surface area (Å²) < 4.78 is 30.4. The monoisotopic (exact) mass is 372 g/mol. The second-order valence-corrected chi connectivity index (χ2v) is 7.19. The number of unbranched alkanes of at least 4 members (excludes halogenated alkanes) is 4. The summed E-state index contributed by atoms with van der Waals surface area (Å²) in [6.45, 7) is 3.75. The van der Waals surface area contributed by atoms with E-state index in [9.17, 15) is 32.8 Å². The van der Waals surface area contributed by atoms with Gasteiger partial charge in [-0.05, 0) is 12.8 Å². The first kappa shape index (κ1) is 27.6. The molecule has 146 valence electrons. The standard InChI is InChI=1S/C14H26O7S.2H3N/c1-3-5-7-9-11(12(15)16)14(13(17)18,22(19,20)21)10-8-6-4-2;;/h11H,3-10H2,1-2H3,(H,15,16)(H,17,18)(H,19,20,21);2*1H3. The summed E-state index contributed by atoms with van der Waals surface area (Å²) in [5, 5.41) is 18.8. The Balaban J connectivity index is -0.00000220. The van der Waals surface area contributed by atoms with Gasteiger partial charge in [0.25, 0.3) is 10.1 Å². The summed E-state index contributed by atoms with van der Waals surface area (Å²) in [7, 11) is -5.07. The lowest BCUT2D eigenvalue weighted by Crippen LogP contribution is -2.55. The maximum atomic E-state index is 11.8. The molecule has 9 N–H and O–H groups in total. The third kappa shape index (κ3) is 6.71. The van der Waals surface area contributed by atoms with E-state index >= 15 is 0 Å². The van der Waals surface area contributed by atoms with Gasteiger partial charge in [0.2, 0.25) is 4.75 Å². The Hall–Kier alpha value is -1.23. The molecule has 0 amide bonds. The van der Waals surface area contributed by atoms with Gasteiger partial charge in [0.1, 0.15) is 0 Å². The van der Waals surface area contributed by atoms with Crippen LogP contribution >= 0.6 is 0 Å². The van der Waals surface area contributed by atoms with Crippen LogP contribution in [0.25, 0.3) is 0 Å². The van der Waals surface area contributed by atoms with Gasteiger partial charge in [-0.1, -0.05) is 52.4 Å². The maximum absolute atomic E-state index is 11.8. The number of carboxylic acids is 2. The molecule has 2 unspecified atom stereocenters. The maximum Gasteiger partial charge on any atom is 0.328 e. The zero-order valence-electron chi connectivity index (χ0n) is 14.5. The number of carboxylic acid groups (broad SMARTS) is 2. The number of rotatable bonds is 12. The lowest BCUT2D eigenvalue weighted by Gasteiger charge is -2.32. The van der Waals surface area contributed by atoms with Gasteiger partial charge in [0.15, 0.2) is 0 Å². The van der Waals surface area contributed by atoms with Crippen LogP contribution in [0, 0.1) is 5.92 Å². The van der Waals surface area contributed by atoms with Gasteiger partial charge in [-0.3, -0.25) is 14.1 Å². The number of carbonyl (C=O) groups is 2. The Morgan fingerprint density at radius 1 is 0.958 bits per heavy atom. The van der Waals surface area contributed by atoms with Gasteiger partial charge in [-0.2, -0.15) is 8.42 Å². The van der Waals surface area contributed by atoms with Gasteiger partial charge in [-0.15, -0.1) is 0 Å². The third-order valence-electron chi connectivity index (χ3n) is 3.93. The van der Waals surface area contributed by atoms with E-state index in [1.807, 2.05) is 13.8 Å². The molecule has 0 aliphatic heterocycles. The van der Waals surface area contributed by atoms with Gasteiger partial charge in [0.05, 0.1) is 5.92 Å². The van der Waals surface area contributed by atoms with Gasteiger partial charge in [-0.25, -0.2) is 0 Å². The summed E-state index contributed by atoms with van der Waals surface area (Å²) in [4.78, 5) is 23.1. The molecule has 0 fully saturated rings. The molecular weight excluding hydrogens is 340 g/mol. The normalized spacial score (nSPS) is 14.6. The van der Waals surface area contributed by atoms with Crippen LogP contribution in [-0.2, 0) is 19.7 Å². The molecule has 0 aliphatic carbocycles. The second-order valence-electron chi connectivity index (χ2n) is 5.51. The molecule has 24 heavy (non-hydrogen) atoms. The van der Waals surface area contributed by atoms with Crippen molar-refractivity contribution >= 4 is 22.1 Å². The minimum Gasteiger partial charge on any atom is -0.481 e. The van der Waals surface area contributed by atoms with Crippen molar-refractivity contribution in [2.75, 3.05) is 0 Å². The van der Waals surface area contributed by atoms with Crippen molar-refractivity contribution in [2.24, 2.45) is 5.92 Å². The summed E-state index contributed by atoms with van der Waals surface area (Å²) in [6.07, 6.45) is 2.85. The van der Waals surface area contributed by atoms with Crippen LogP contribution in [0.3, 0.4) is 0 Å². The molecule has 0 aliphatic rings. The van der Waals surface area contributed by atoms with E-state index < -0.39 is 39.1 Å². The van der Waals surface area contributed by atoms with E-state index in [2.05, 4.69) is 0 Å². The lowest BCUT2D eigenvalue weighted by atomic mass is 9.83. The number of hydrogen-bond donors (Lipinski definition) is 5. The number of aliphatic carboxylic acids is 2. The predicted octanol–water partition coefficient (Wildman–Crippen LogP) is 2.88. The van der Waals surface area contributed by atoms with Crippen molar-refractivity contribution in [3.63, 3.8) is 0 Å². The SMILES string of the molecule is CCCCCC(C(=O)O)C(CCCCC)(C(=O)O)S(=O)(=O)O.N.N. The lowest BCUT2D eigenvalue weighted by molar-refractivity contribution is -0.152. The first-order chi connectivity index (χ1) is 10.1. The first-order valence-corrected chi connectivity index (χ1v) is 9.02. The Morgan fingerprint density at radius 2 is 1.42 bits per heavy atom. The Bertz CT molecular complexity index is 482. The molecule has 10 heteroatoms. The summed E-state index contributed by atoms with van der Waals surface area (Å²) in [6, 6.07) is 0. The van der Waals surface area contributed by atoms with Crippen LogP contribution in [0.5, 0.6) is 0 Å². The summed E-state index contributed by atoms with van der Waals surface area (Å²) in [5.74, 6) is -4.97. The van der Waals surface area contributed by atoms with E-state index in [1.165, 1.54) is 0 Å². The fraction of sp³-hybridized carbons (Fsp3) is 0.857. The van der Waals surface area contributed by atoms with Crippen LogP contribution in [0.15, 0.2) is 0 Å². The minimum absolute atomic E-state index is 0. The van der Waals surface area contributed by atoms with Crippen LogP contribution < -0.4 is 12.3 Å². The molecule has 0 spiro atoms. The van der Waals surface area contributed by atoms with Crippen molar-refractivity contribution in [3.8, 4) is 0 Å². The highest BCUT2D eigenvalue weighted by atomic mass is 32.2. The highest BCUT2D eigenvalue weighted by molar-refractivity contribution is 7.88. The van der Waals surface area contributed by atoms with Gasteiger partial charge in [0, 0.05) is 0 Å². The molecule has 9 nitrogen and oxygen atoms in total. The third-order valence-corrected chi connectivity index (χ3v) is 5.52. The van der Waals surface area contributed by atoms with Crippen LogP contribution in [0.4, 0.5) is 0 Å². The average molecular weight is 372 g/mol. The largest absolute Gasteiger partial charge is 0.481 e. The summed E-state index contributed by atoms with van der Waals surface area (Å²) >= 11 is 0. The molecular formula is C14H32N2O7S. The molecule has 0 rings (SSSR count). The Kier molecular flexibility index (Phi) is 14.0. The van der Waals surface area contributed by atoms with Crippen molar-refractivity contribution in [1.82, 2.24) is 12.3 Å². The zero-order chi connectivity index (χ0) is 17.4. The average Bonchev–Trinajstić information content (AvgIpc) is 2.38. The van der Waals surface area contributed by atoms with Gasteiger partial charge >= 0.3 is 11.9 Å². The molecule has 0 aromatic carbocycles. The van der Waals surface area contributed by atoms with E-state index in [4.69, 9.17) is 0 Å². The van der Waals surface area contributed by atoms with E-state index in [1.54, 1.807) is 0 Å². The van der Waals surface area contributed by atoms with Crippen molar-refractivity contribution in [1.29, 1.82) is 0 Å². The highest BCUT2D eigenvalue weighted by Crippen LogP contribution is 2.36. The van der Waals surface area contributed by atoms with Crippen molar-refractivity contribution < 1.29 is 32.8 Å². The smallest absolute Gasteiger partial charge is 0.328 e. The van der Waals surface area contributed by atoms with Crippen LogP contribution in [-0.4, -0.2) is 39.9 Å². The van der Waals surface area contributed by atoms with Crippen LogP contribution in [0.1, 0.15) is 65.2 Å². The zero-order valence-corrected chi connectivity index (χ0v) is 15.3. The first-order valence-electron chi connectivity index (χ1n) is 7.58. The summed E-state index contributed by atoms with van der Waals surface area (Å²) in [5.41, 5.74) is 0. The Labute approximate surface area is 143 Å². The molecule has 0 radical (unpaired) electrons. The van der Waals surface area contributed by atoms with Crippen LogP contribution in [0.2, 0.25) is 0 Å². The topological polar surface area (TPSA) is 199 Å². The number of hydrogen-bond acceptors (Lipinski definition) is 6. The predicted molar refractivity (Wildman–Crippen MR) is 91.4 cm³/mol. The fourth-order valence-corrected chi connectivity index (χ4v) is 3.84. The van der Waals surface area contributed by atoms with Crippen molar-refractivity contribution in [3.05, 3.63) is 0 Å². The highest BCUT2D eigenvalue weighted by Gasteiger charge is 2.58. The molecule has 0 heterocycles. The van der Waals surface area contributed by atoms with Gasteiger partial charge < -0.3 is 22.5 Å². The van der Waals surface area contributed by atoms with E-state index in [0.717, 1.165) is 12.8 Å². The quantitative estimate of drug-likeness (QED) is 0.252. The molecule has 0 saturated carbocycles. The van der Waals surface area contributed by atoms with E-state index in [-0.39, 0.29) is 25.1 Å². The molecule has 0 aromatic heterocycles. The second kappa shape index (κ2) is 12.2. The molecule has 0 bridgehead atoms. The Morgan fingerprint density at radius 3 is 1.75 bits per heavy atom. The molecule has 0 aromatic rings. The minimum atomic E-state index is -5.07. The van der Waals surface area contributed by atoms with Crippen molar-refractivity contribution in [2.45, 2.75) is 70.0 Å². The van der Waals surface area contributed by atoms with E-state index in [0.29, 0.717) is 19.3 Å². The molecule has 0 saturated heterocycles. The molecule has 2 atom stereocenters. The fourth-order valence-electron chi connectivity index (χ4n) is 2.64.